The average Bonchev–Trinajstić information content (AvgIpc) is 2.88. The predicted molar refractivity (Wildman–Crippen MR) is 77.9 cm³/mol. The SMILES string of the molecule is Cc1ccc(C(N)c2ccc3c(c2)CCO3)cc1Cl. The van der Waals surface area contributed by atoms with E-state index in [-0.39, 0.29) is 6.04 Å². The van der Waals surface area contributed by atoms with Gasteiger partial charge in [-0.2, -0.15) is 0 Å². The second-order valence-corrected chi connectivity index (χ2v) is 5.36. The maximum Gasteiger partial charge on any atom is 0.122 e. The molecule has 0 spiro atoms. The van der Waals surface area contributed by atoms with E-state index in [1.54, 1.807) is 0 Å². The first-order valence-electron chi connectivity index (χ1n) is 6.42. The van der Waals surface area contributed by atoms with Gasteiger partial charge in [0.1, 0.15) is 5.75 Å². The van der Waals surface area contributed by atoms with Crippen LogP contribution >= 0.6 is 11.6 Å². The first-order valence-corrected chi connectivity index (χ1v) is 6.80. The zero-order valence-corrected chi connectivity index (χ0v) is 11.6. The van der Waals surface area contributed by atoms with Gasteiger partial charge in [0, 0.05) is 11.4 Å². The molecule has 3 rings (SSSR count). The van der Waals surface area contributed by atoms with Gasteiger partial charge in [0.05, 0.1) is 12.6 Å². The summed E-state index contributed by atoms with van der Waals surface area (Å²) < 4.78 is 5.51. The molecule has 98 valence electrons. The first-order chi connectivity index (χ1) is 9.15. The topological polar surface area (TPSA) is 35.2 Å². The highest BCUT2D eigenvalue weighted by Crippen LogP contribution is 2.30. The lowest BCUT2D eigenvalue weighted by atomic mass is 9.96. The van der Waals surface area contributed by atoms with Crippen LogP contribution in [0.3, 0.4) is 0 Å². The van der Waals surface area contributed by atoms with Gasteiger partial charge < -0.3 is 10.5 Å². The number of aryl methyl sites for hydroxylation is 1. The van der Waals surface area contributed by atoms with Crippen LogP contribution in [0.5, 0.6) is 5.75 Å². The van der Waals surface area contributed by atoms with E-state index in [2.05, 4.69) is 6.07 Å². The molecule has 3 heteroatoms. The number of benzene rings is 2. The van der Waals surface area contributed by atoms with Crippen LogP contribution in [0.2, 0.25) is 5.02 Å². The summed E-state index contributed by atoms with van der Waals surface area (Å²) in [7, 11) is 0. The van der Waals surface area contributed by atoms with E-state index in [0.29, 0.717) is 0 Å². The summed E-state index contributed by atoms with van der Waals surface area (Å²) in [5.74, 6) is 0.984. The van der Waals surface area contributed by atoms with Crippen LogP contribution in [0.1, 0.15) is 28.3 Å². The molecule has 0 radical (unpaired) electrons. The molecule has 1 heterocycles. The summed E-state index contributed by atoms with van der Waals surface area (Å²) >= 11 is 6.16. The number of rotatable bonds is 2. The van der Waals surface area contributed by atoms with Crippen molar-refractivity contribution in [2.24, 2.45) is 5.73 Å². The Balaban J connectivity index is 1.94. The number of fused-ring (bicyclic) bond motifs is 1. The van der Waals surface area contributed by atoms with Gasteiger partial charge in [-0.05, 0) is 41.3 Å². The third-order valence-corrected chi connectivity index (χ3v) is 4.03. The van der Waals surface area contributed by atoms with Crippen molar-refractivity contribution in [2.45, 2.75) is 19.4 Å². The van der Waals surface area contributed by atoms with Gasteiger partial charge in [0.2, 0.25) is 0 Å². The van der Waals surface area contributed by atoms with Crippen molar-refractivity contribution in [3.05, 3.63) is 63.7 Å². The lowest BCUT2D eigenvalue weighted by molar-refractivity contribution is 0.357. The molecule has 2 aromatic rings. The molecule has 1 aliphatic heterocycles. The minimum Gasteiger partial charge on any atom is -0.493 e. The van der Waals surface area contributed by atoms with Gasteiger partial charge in [-0.25, -0.2) is 0 Å². The number of hydrogen-bond acceptors (Lipinski definition) is 2. The normalized spacial score (nSPS) is 14.9. The summed E-state index contributed by atoms with van der Waals surface area (Å²) in [6.45, 7) is 2.76. The van der Waals surface area contributed by atoms with E-state index in [1.165, 1.54) is 5.56 Å². The Morgan fingerprint density at radius 3 is 2.68 bits per heavy atom. The van der Waals surface area contributed by atoms with Crippen molar-refractivity contribution >= 4 is 11.6 Å². The fourth-order valence-corrected chi connectivity index (χ4v) is 2.58. The number of halogens is 1. The minimum atomic E-state index is -0.149. The minimum absolute atomic E-state index is 0.149. The Hall–Kier alpha value is -1.51. The van der Waals surface area contributed by atoms with Crippen LogP contribution < -0.4 is 10.5 Å². The van der Waals surface area contributed by atoms with Crippen molar-refractivity contribution in [1.29, 1.82) is 0 Å². The highest BCUT2D eigenvalue weighted by atomic mass is 35.5. The summed E-state index contributed by atoms with van der Waals surface area (Å²) in [5, 5.41) is 0.762. The van der Waals surface area contributed by atoms with Crippen LogP contribution in [-0.4, -0.2) is 6.61 Å². The molecular weight excluding hydrogens is 258 g/mol. The number of nitrogens with two attached hydrogens (primary N) is 1. The van der Waals surface area contributed by atoms with Gasteiger partial charge in [0.25, 0.3) is 0 Å². The maximum absolute atomic E-state index is 6.33. The fraction of sp³-hybridized carbons (Fsp3) is 0.250. The predicted octanol–water partition coefficient (Wildman–Crippen LogP) is 3.63. The van der Waals surface area contributed by atoms with Crippen LogP contribution in [-0.2, 0) is 6.42 Å². The number of hydrogen-bond donors (Lipinski definition) is 1. The van der Waals surface area contributed by atoms with Crippen molar-refractivity contribution in [2.75, 3.05) is 6.61 Å². The Kier molecular flexibility index (Phi) is 3.21. The zero-order chi connectivity index (χ0) is 13.4. The van der Waals surface area contributed by atoms with Crippen molar-refractivity contribution in [3.8, 4) is 5.75 Å². The van der Waals surface area contributed by atoms with Crippen LogP contribution in [0.25, 0.3) is 0 Å². The summed E-state index contributed by atoms with van der Waals surface area (Å²) in [6, 6.07) is 12.0. The van der Waals surface area contributed by atoms with Crippen molar-refractivity contribution in [1.82, 2.24) is 0 Å². The maximum atomic E-state index is 6.33. The summed E-state index contributed by atoms with van der Waals surface area (Å²) in [5.41, 5.74) is 10.8. The smallest absolute Gasteiger partial charge is 0.122 e. The molecule has 0 aliphatic carbocycles. The van der Waals surface area contributed by atoms with Crippen LogP contribution in [0.15, 0.2) is 36.4 Å². The number of ether oxygens (including phenoxy) is 1. The molecule has 0 amide bonds. The van der Waals surface area contributed by atoms with Crippen molar-refractivity contribution < 1.29 is 4.74 Å². The van der Waals surface area contributed by atoms with E-state index >= 15 is 0 Å². The van der Waals surface area contributed by atoms with Crippen LogP contribution in [0.4, 0.5) is 0 Å². The molecule has 1 unspecified atom stereocenters. The fourth-order valence-electron chi connectivity index (χ4n) is 2.39. The molecule has 2 aromatic carbocycles. The third-order valence-electron chi connectivity index (χ3n) is 3.63. The van der Waals surface area contributed by atoms with Gasteiger partial charge >= 0.3 is 0 Å². The first kappa shape index (κ1) is 12.5. The van der Waals surface area contributed by atoms with E-state index < -0.39 is 0 Å². The molecule has 0 aromatic heterocycles. The lowest BCUT2D eigenvalue weighted by Gasteiger charge is -2.14. The van der Waals surface area contributed by atoms with Gasteiger partial charge in [0.15, 0.2) is 0 Å². The summed E-state index contributed by atoms with van der Waals surface area (Å²) in [4.78, 5) is 0. The zero-order valence-electron chi connectivity index (χ0n) is 10.8. The molecule has 19 heavy (non-hydrogen) atoms. The second-order valence-electron chi connectivity index (χ2n) is 4.95. The van der Waals surface area contributed by atoms with E-state index in [0.717, 1.165) is 40.5 Å². The average molecular weight is 274 g/mol. The second kappa shape index (κ2) is 4.87. The molecular formula is C16H16ClNO. The Morgan fingerprint density at radius 1 is 1.16 bits per heavy atom. The molecule has 2 N–H and O–H groups in total. The Labute approximate surface area is 118 Å². The molecule has 0 fully saturated rings. The van der Waals surface area contributed by atoms with E-state index in [9.17, 15) is 0 Å². The van der Waals surface area contributed by atoms with Gasteiger partial charge in [-0.15, -0.1) is 0 Å². The standard InChI is InChI=1S/C16H16ClNO/c1-10-2-3-13(9-14(10)17)16(18)12-4-5-15-11(8-12)6-7-19-15/h2-5,8-9,16H,6-7,18H2,1H3. The quantitative estimate of drug-likeness (QED) is 0.907. The Morgan fingerprint density at radius 2 is 1.89 bits per heavy atom. The molecule has 1 atom stereocenters. The van der Waals surface area contributed by atoms with Crippen molar-refractivity contribution in [3.63, 3.8) is 0 Å². The van der Waals surface area contributed by atoms with E-state index in [1.807, 2.05) is 37.3 Å². The van der Waals surface area contributed by atoms with E-state index in [4.69, 9.17) is 22.1 Å². The van der Waals surface area contributed by atoms with Crippen LogP contribution in [0, 0.1) is 6.92 Å². The monoisotopic (exact) mass is 273 g/mol. The Bertz CT molecular complexity index is 624. The van der Waals surface area contributed by atoms with Gasteiger partial charge in [-0.3, -0.25) is 0 Å². The third kappa shape index (κ3) is 2.34. The largest absolute Gasteiger partial charge is 0.493 e. The van der Waals surface area contributed by atoms with Gasteiger partial charge in [-0.1, -0.05) is 35.9 Å². The molecule has 0 saturated heterocycles. The molecule has 1 aliphatic rings. The highest BCUT2D eigenvalue weighted by Gasteiger charge is 2.16. The lowest BCUT2D eigenvalue weighted by Crippen LogP contribution is -2.12. The molecule has 0 bridgehead atoms. The highest BCUT2D eigenvalue weighted by molar-refractivity contribution is 6.31. The molecule has 2 nitrogen and oxygen atoms in total. The summed E-state index contributed by atoms with van der Waals surface area (Å²) in [6.07, 6.45) is 0.963. The molecule has 0 saturated carbocycles.